The summed E-state index contributed by atoms with van der Waals surface area (Å²) in [7, 11) is 0. The first kappa shape index (κ1) is 52.5. The van der Waals surface area contributed by atoms with Crippen LogP contribution in [-0.2, 0) is 9.59 Å². The summed E-state index contributed by atoms with van der Waals surface area (Å²) in [4.78, 5) is 20.8. The lowest BCUT2D eigenvalue weighted by Gasteiger charge is -2.03. The molecule has 0 radical (unpaired) electrons. The summed E-state index contributed by atoms with van der Waals surface area (Å²) >= 11 is 0. The van der Waals surface area contributed by atoms with E-state index in [-0.39, 0.29) is 0 Å². The number of rotatable bonds is 42. The summed E-state index contributed by atoms with van der Waals surface area (Å²) < 4.78 is 0. The molecule has 4 heteroatoms. The summed E-state index contributed by atoms with van der Waals surface area (Å²) in [6, 6.07) is 0. The maximum atomic E-state index is 10.4. The van der Waals surface area contributed by atoms with Gasteiger partial charge in [0.05, 0.1) is 0 Å². The van der Waals surface area contributed by atoms with Gasteiger partial charge in [0.25, 0.3) is 0 Å². The van der Waals surface area contributed by atoms with Crippen molar-refractivity contribution in [2.45, 2.75) is 271 Å². The molecule has 0 unspecified atom stereocenters. The van der Waals surface area contributed by atoms with E-state index in [0.717, 1.165) is 32.1 Å². The molecule has 0 aromatic rings. The normalized spacial score (nSPS) is 11.4. The Hall–Kier alpha value is -1.58. The number of hydrogen-bond donors (Lipinski definition) is 2. The van der Waals surface area contributed by atoms with Crippen LogP contribution in [0.25, 0.3) is 0 Å². The second-order valence-corrected chi connectivity index (χ2v) is 15.7. The van der Waals surface area contributed by atoms with Gasteiger partial charge < -0.3 is 10.2 Å². The lowest BCUT2D eigenvalue weighted by atomic mass is 10.0. The molecule has 0 aromatic heterocycles. The van der Waals surface area contributed by atoms with Crippen LogP contribution >= 0.6 is 0 Å². The van der Waals surface area contributed by atoms with Gasteiger partial charge in [0, 0.05) is 12.8 Å². The Morgan fingerprint density at radius 3 is 0.731 bits per heavy atom. The van der Waals surface area contributed by atoms with Gasteiger partial charge in [0.1, 0.15) is 0 Å². The number of allylic oxidation sites excluding steroid dienone is 4. The van der Waals surface area contributed by atoms with Crippen molar-refractivity contribution in [2.75, 3.05) is 0 Å². The summed E-state index contributed by atoms with van der Waals surface area (Å²) in [5.41, 5.74) is 0. The van der Waals surface area contributed by atoms with E-state index in [1.807, 2.05) is 0 Å². The molecule has 4 nitrogen and oxygen atoms in total. The van der Waals surface area contributed by atoms with Gasteiger partial charge in [-0.25, -0.2) is 0 Å². The molecule has 52 heavy (non-hydrogen) atoms. The molecule has 0 saturated carbocycles. The highest BCUT2D eigenvalue weighted by atomic mass is 16.4. The van der Waals surface area contributed by atoms with Gasteiger partial charge >= 0.3 is 11.9 Å². The van der Waals surface area contributed by atoms with Crippen molar-refractivity contribution in [1.82, 2.24) is 0 Å². The van der Waals surface area contributed by atoms with Gasteiger partial charge in [-0.2, -0.15) is 0 Å². The summed E-state index contributed by atoms with van der Waals surface area (Å²) in [5.74, 6) is -1.34. The number of hydrogen-bond acceptors (Lipinski definition) is 2. The van der Waals surface area contributed by atoms with E-state index >= 15 is 0 Å². The zero-order valence-electron chi connectivity index (χ0n) is 35.3. The monoisotopic (exact) mass is 733 g/mol. The minimum Gasteiger partial charge on any atom is -0.481 e. The average Bonchev–Trinajstić information content (AvgIpc) is 3.13. The SMILES string of the molecule is CCCCCCCCC=CCCCCCCCCCCCCCC(=O)O.CCCCCCCCCCCCCCCCCCC=CCCCC(=O)O. The Morgan fingerprint density at radius 2 is 0.481 bits per heavy atom. The van der Waals surface area contributed by atoms with Gasteiger partial charge in [-0.3, -0.25) is 9.59 Å². The highest BCUT2D eigenvalue weighted by Gasteiger charge is 1.98. The van der Waals surface area contributed by atoms with Gasteiger partial charge in [-0.15, -0.1) is 0 Å². The molecule has 0 aliphatic carbocycles. The maximum Gasteiger partial charge on any atom is 0.303 e. The fourth-order valence-corrected chi connectivity index (χ4v) is 6.82. The van der Waals surface area contributed by atoms with Crippen LogP contribution in [0.3, 0.4) is 0 Å². The molecule has 0 fully saturated rings. The van der Waals surface area contributed by atoms with Crippen molar-refractivity contribution in [3.05, 3.63) is 24.3 Å². The Labute approximate surface area is 325 Å². The first-order valence-corrected chi connectivity index (χ1v) is 23.3. The molecule has 0 saturated heterocycles. The molecule has 0 aliphatic rings. The summed E-state index contributed by atoms with van der Waals surface area (Å²) in [5, 5.41) is 17.1. The Bertz CT molecular complexity index is 743. The molecule has 0 rings (SSSR count). The van der Waals surface area contributed by atoms with E-state index in [4.69, 9.17) is 10.2 Å². The van der Waals surface area contributed by atoms with Crippen LogP contribution in [0.1, 0.15) is 271 Å². The number of unbranched alkanes of at least 4 members (excludes halogenated alkanes) is 34. The maximum absolute atomic E-state index is 10.4. The van der Waals surface area contributed by atoms with E-state index in [1.54, 1.807) is 0 Å². The quantitative estimate of drug-likeness (QED) is 0.0484. The van der Waals surface area contributed by atoms with E-state index in [2.05, 4.69) is 38.2 Å². The smallest absolute Gasteiger partial charge is 0.303 e. The van der Waals surface area contributed by atoms with Crippen molar-refractivity contribution < 1.29 is 19.8 Å². The zero-order valence-corrected chi connectivity index (χ0v) is 35.3. The lowest BCUT2D eigenvalue weighted by Crippen LogP contribution is -1.93. The first-order valence-electron chi connectivity index (χ1n) is 23.3. The average molecular weight is 733 g/mol. The van der Waals surface area contributed by atoms with E-state index in [1.165, 1.54) is 212 Å². The Balaban J connectivity index is 0. The fourth-order valence-electron chi connectivity index (χ4n) is 6.82. The Kier molecular flexibility index (Phi) is 49.9. The lowest BCUT2D eigenvalue weighted by molar-refractivity contribution is -0.138. The number of carbonyl (C=O) groups is 2. The van der Waals surface area contributed by atoms with E-state index in [0.29, 0.717) is 12.8 Å². The highest BCUT2D eigenvalue weighted by molar-refractivity contribution is 5.66. The van der Waals surface area contributed by atoms with Crippen molar-refractivity contribution in [3.8, 4) is 0 Å². The molecule has 0 aliphatic heterocycles. The number of carboxylic acid groups (broad SMARTS) is 2. The number of aliphatic carboxylic acids is 2. The third-order valence-corrected chi connectivity index (χ3v) is 10.3. The van der Waals surface area contributed by atoms with Crippen LogP contribution in [0, 0.1) is 0 Å². The molecule has 2 N–H and O–H groups in total. The van der Waals surface area contributed by atoms with Crippen LogP contribution in [0.4, 0.5) is 0 Å². The second kappa shape index (κ2) is 49.4. The van der Waals surface area contributed by atoms with Crippen LogP contribution < -0.4 is 0 Å². The van der Waals surface area contributed by atoms with Crippen molar-refractivity contribution in [2.24, 2.45) is 0 Å². The topological polar surface area (TPSA) is 74.6 Å². The fraction of sp³-hybridized carbons (Fsp3) is 0.875. The van der Waals surface area contributed by atoms with E-state index < -0.39 is 11.9 Å². The molecule has 0 bridgehead atoms. The van der Waals surface area contributed by atoms with Crippen LogP contribution in [-0.4, -0.2) is 22.2 Å². The van der Waals surface area contributed by atoms with Crippen LogP contribution in [0.5, 0.6) is 0 Å². The predicted molar refractivity (Wildman–Crippen MR) is 230 cm³/mol. The first-order chi connectivity index (χ1) is 25.5. The minimum atomic E-state index is -0.684. The van der Waals surface area contributed by atoms with Gasteiger partial charge in [0.2, 0.25) is 0 Å². The second-order valence-electron chi connectivity index (χ2n) is 15.7. The van der Waals surface area contributed by atoms with Gasteiger partial charge in [-0.05, 0) is 57.8 Å². The standard InChI is InChI=1S/2C24H46O2/c2*1-2-3-4-5-6-7-8-9-10-11-12-13-14-15-16-17-18-19-20-21-22-23-24(25)26/h19-20H,2-18,21-23H2,1H3,(H,25,26);9-10H,2-8,11-23H2,1H3,(H,25,26). The molecule has 308 valence electrons. The number of carboxylic acids is 2. The van der Waals surface area contributed by atoms with E-state index in [9.17, 15) is 9.59 Å². The summed E-state index contributed by atoms with van der Waals surface area (Å²) in [6.45, 7) is 4.56. The minimum absolute atomic E-state index is 0.295. The molecule has 0 spiro atoms. The molecule has 0 heterocycles. The largest absolute Gasteiger partial charge is 0.481 e. The molecule has 0 amide bonds. The Morgan fingerprint density at radius 1 is 0.288 bits per heavy atom. The van der Waals surface area contributed by atoms with Crippen LogP contribution in [0.15, 0.2) is 24.3 Å². The third-order valence-electron chi connectivity index (χ3n) is 10.3. The predicted octanol–water partition coefficient (Wildman–Crippen LogP) is 16.9. The molecular formula is C48H92O4. The third kappa shape index (κ3) is 55.2. The van der Waals surface area contributed by atoms with Gasteiger partial charge in [0.15, 0.2) is 0 Å². The van der Waals surface area contributed by atoms with Crippen LogP contribution in [0.2, 0.25) is 0 Å². The van der Waals surface area contributed by atoms with Gasteiger partial charge in [-0.1, -0.05) is 224 Å². The molecule has 0 aromatic carbocycles. The van der Waals surface area contributed by atoms with Crippen molar-refractivity contribution >= 4 is 11.9 Å². The zero-order chi connectivity index (χ0) is 38.3. The van der Waals surface area contributed by atoms with Crippen molar-refractivity contribution in [1.29, 1.82) is 0 Å². The molecular weight excluding hydrogens is 641 g/mol. The van der Waals surface area contributed by atoms with Crippen molar-refractivity contribution in [3.63, 3.8) is 0 Å². The highest BCUT2D eigenvalue weighted by Crippen LogP contribution is 2.15. The molecule has 0 atom stereocenters. The summed E-state index contributed by atoms with van der Waals surface area (Å²) in [6.07, 6.45) is 60.2.